The minimum Gasteiger partial charge on any atom is -0.496 e. The minimum atomic E-state index is -1.37. The zero-order valence-corrected chi connectivity index (χ0v) is 18.3. The van der Waals surface area contributed by atoms with Crippen LogP contribution >= 0.6 is 11.6 Å². The molecular weight excluding hydrogens is 434 g/mol. The van der Waals surface area contributed by atoms with Crippen molar-refractivity contribution in [2.24, 2.45) is 11.8 Å². The Morgan fingerprint density at radius 3 is 2.69 bits per heavy atom. The number of quaternary nitrogens is 1. The molecule has 8 nitrogen and oxygen atoms in total. The molecule has 5 rings (SSSR count). The van der Waals surface area contributed by atoms with E-state index in [1.165, 1.54) is 12.0 Å². The maximum atomic E-state index is 13.7. The quantitative estimate of drug-likeness (QED) is 0.584. The molecule has 3 amide bonds. The molecule has 2 aromatic rings. The number of benzene rings is 2. The first-order chi connectivity index (χ1) is 15.3. The number of hydrogen-bond donors (Lipinski definition) is 3. The number of ether oxygens (including phenoxy) is 1. The fraction of sp³-hybridized carbons (Fsp3) is 0.348. The molecule has 0 bridgehead atoms. The highest BCUT2D eigenvalue weighted by Crippen LogP contribution is 2.50. The molecule has 0 aromatic heterocycles. The van der Waals surface area contributed by atoms with Crippen molar-refractivity contribution in [2.45, 2.75) is 31.2 Å². The summed E-state index contributed by atoms with van der Waals surface area (Å²) in [5, 5.41) is 15.4. The van der Waals surface area contributed by atoms with E-state index in [1.54, 1.807) is 48.6 Å². The zero-order chi connectivity index (χ0) is 22.8. The Hall–Kier alpha value is -2.94. The molecule has 2 aromatic carbocycles. The number of fused-ring (bicyclic) bond motifs is 4. The van der Waals surface area contributed by atoms with Crippen LogP contribution in [-0.2, 0) is 26.5 Å². The van der Waals surface area contributed by atoms with Gasteiger partial charge in [-0.15, -0.1) is 0 Å². The Morgan fingerprint density at radius 2 is 1.97 bits per heavy atom. The lowest BCUT2D eigenvalue weighted by Gasteiger charge is -2.27. The van der Waals surface area contributed by atoms with Gasteiger partial charge in [-0.1, -0.05) is 29.8 Å². The molecule has 2 saturated heterocycles. The smallest absolute Gasteiger partial charge is 0.291 e. The molecular formula is C23H23ClN3O5+. The lowest BCUT2D eigenvalue weighted by molar-refractivity contribution is -0.738. The maximum Gasteiger partial charge on any atom is 0.291 e. The van der Waals surface area contributed by atoms with E-state index in [9.17, 15) is 19.5 Å². The Labute approximate surface area is 189 Å². The van der Waals surface area contributed by atoms with Gasteiger partial charge in [0, 0.05) is 16.1 Å². The molecule has 0 unspecified atom stereocenters. The van der Waals surface area contributed by atoms with Gasteiger partial charge in [0.15, 0.2) is 0 Å². The van der Waals surface area contributed by atoms with Gasteiger partial charge in [-0.05, 0) is 31.2 Å². The topological polar surface area (TPSA) is 113 Å². The van der Waals surface area contributed by atoms with Crippen LogP contribution in [0.3, 0.4) is 0 Å². The Kier molecular flexibility index (Phi) is 4.77. The van der Waals surface area contributed by atoms with Gasteiger partial charge in [-0.2, -0.15) is 0 Å². The number of imide groups is 1. The monoisotopic (exact) mass is 456 g/mol. The Bertz CT molecular complexity index is 1150. The van der Waals surface area contributed by atoms with Gasteiger partial charge in [0.05, 0.1) is 19.3 Å². The van der Waals surface area contributed by atoms with Crippen molar-refractivity contribution in [3.63, 3.8) is 0 Å². The summed E-state index contributed by atoms with van der Waals surface area (Å²) < 4.78 is 5.38. The van der Waals surface area contributed by atoms with E-state index in [4.69, 9.17) is 16.3 Å². The predicted octanol–water partition coefficient (Wildman–Crippen LogP) is 0.624. The number of nitrogens with one attached hydrogen (secondary N) is 1. The molecule has 0 aliphatic carbocycles. The number of halogens is 1. The van der Waals surface area contributed by atoms with Crippen LogP contribution in [0.2, 0.25) is 5.02 Å². The average Bonchev–Trinajstić information content (AvgIpc) is 3.35. The number of para-hydroxylation sites is 1. The predicted molar refractivity (Wildman–Crippen MR) is 115 cm³/mol. The SMILES string of the molecule is COc1ccccc1CN1C(=O)[C@@H]2[C@@H]([C@H](C)O)[NH2+][C@@]3(C(=O)Nc4ccc(Cl)cc43)[C@H]2C1=O. The molecule has 3 heterocycles. The van der Waals surface area contributed by atoms with Gasteiger partial charge in [0.25, 0.3) is 5.91 Å². The van der Waals surface area contributed by atoms with Crippen molar-refractivity contribution >= 4 is 35.0 Å². The number of amides is 3. The first kappa shape index (κ1) is 20.9. The fourth-order valence-corrected chi connectivity index (χ4v) is 5.69. The van der Waals surface area contributed by atoms with Crippen LogP contribution < -0.4 is 15.4 Å². The van der Waals surface area contributed by atoms with Gasteiger partial charge in [-0.25, -0.2) is 0 Å². The van der Waals surface area contributed by atoms with Crippen LogP contribution in [0, 0.1) is 11.8 Å². The lowest BCUT2D eigenvalue weighted by atomic mass is 9.76. The largest absolute Gasteiger partial charge is 0.496 e. The molecule has 4 N–H and O–H groups in total. The highest BCUT2D eigenvalue weighted by Gasteiger charge is 2.74. The number of carbonyl (C=O) groups is 3. The summed E-state index contributed by atoms with van der Waals surface area (Å²) >= 11 is 6.23. The second-order valence-corrected chi connectivity index (χ2v) is 9.01. The van der Waals surface area contributed by atoms with Crippen molar-refractivity contribution in [2.75, 3.05) is 12.4 Å². The fourth-order valence-electron chi connectivity index (χ4n) is 5.52. The number of hydrogen-bond acceptors (Lipinski definition) is 5. The van der Waals surface area contributed by atoms with Crippen LogP contribution in [0.25, 0.3) is 0 Å². The van der Waals surface area contributed by atoms with Gasteiger partial charge in [-0.3, -0.25) is 19.3 Å². The standard InChI is InChI=1S/C23H22ClN3O5/c1-11(28)19-17-18(23(26-19)14-9-13(24)7-8-15(14)25-22(23)31)21(30)27(20(17)29)10-12-5-3-4-6-16(12)32-2/h3-9,11,17-19,26,28H,10H2,1-2H3,(H,25,31)/p+1/t11-,17-,18+,19+,23+/m0/s1. The first-order valence-corrected chi connectivity index (χ1v) is 10.8. The molecule has 1 spiro atoms. The van der Waals surface area contributed by atoms with E-state index in [0.29, 0.717) is 27.6 Å². The highest BCUT2D eigenvalue weighted by molar-refractivity contribution is 6.31. The summed E-state index contributed by atoms with van der Waals surface area (Å²) in [4.78, 5) is 41.8. The molecule has 166 valence electrons. The van der Waals surface area contributed by atoms with Crippen molar-refractivity contribution in [3.05, 3.63) is 58.6 Å². The second-order valence-electron chi connectivity index (χ2n) is 8.58. The van der Waals surface area contributed by atoms with Crippen LogP contribution in [0.15, 0.2) is 42.5 Å². The molecule has 9 heteroatoms. The summed E-state index contributed by atoms with van der Waals surface area (Å²) in [5.41, 5.74) is 0.439. The molecule has 32 heavy (non-hydrogen) atoms. The first-order valence-electron chi connectivity index (χ1n) is 10.4. The van der Waals surface area contributed by atoms with Crippen molar-refractivity contribution < 1.29 is 29.5 Å². The third-order valence-corrected chi connectivity index (χ3v) is 7.17. The minimum absolute atomic E-state index is 0.0291. The van der Waals surface area contributed by atoms with E-state index < -0.39 is 41.3 Å². The maximum absolute atomic E-state index is 13.7. The lowest BCUT2D eigenvalue weighted by Crippen LogP contribution is -3.00. The van der Waals surface area contributed by atoms with Crippen LogP contribution in [-0.4, -0.2) is 47.0 Å². The van der Waals surface area contributed by atoms with Crippen LogP contribution in [0.1, 0.15) is 18.1 Å². The van der Waals surface area contributed by atoms with Gasteiger partial charge in [0.2, 0.25) is 17.4 Å². The van der Waals surface area contributed by atoms with Crippen LogP contribution in [0.4, 0.5) is 5.69 Å². The number of methoxy groups -OCH3 is 1. The summed E-state index contributed by atoms with van der Waals surface area (Å²) in [6.45, 7) is 1.60. The molecule has 5 atom stereocenters. The zero-order valence-electron chi connectivity index (χ0n) is 17.5. The van der Waals surface area contributed by atoms with E-state index in [-0.39, 0.29) is 12.5 Å². The second kappa shape index (κ2) is 7.30. The molecule has 2 fully saturated rings. The number of aliphatic hydroxyl groups is 1. The summed E-state index contributed by atoms with van der Waals surface area (Å²) in [7, 11) is 1.53. The van der Waals surface area contributed by atoms with Crippen molar-refractivity contribution in [1.29, 1.82) is 0 Å². The molecule has 3 aliphatic heterocycles. The number of rotatable bonds is 4. The Morgan fingerprint density at radius 1 is 1.22 bits per heavy atom. The summed E-state index contributed by atoms with van der Waals surface area (Å²) in [6.07, 6.45) is -0.916. The summed E-state index contributed by atoms with van der Waals surface area (Å²) in [6, 6.07) is 11.5. The normalized spacial score (nSPS) is 29.3. The van der Waals surface area contributed by atoms with Crippen molar-refractivity contribution in [3.8, 4) is 5.75 Å². The number of nitrogens with two attached hydrogens (primary N) is 1. The highest BCUT2D eigenvalue weighted by atomic mass is 35.5. The number of anilines is 1. The number of nitrogens with zero attached hydrogens (tertiary/aromatic N) is 1. The number of carbonyl (C=O) groups excluding carboxylic acids is 3. The van der Waals surface area contributed by atoms with E-state index in [1.807, 2.05) is 6.07 Å². The third kappa shape index (κ3) is 2.73. The third-order valence-electron chi connectivity index (χ3n) is 6.93. The number of aliphatic hydroxyl groups excluding tert-OH is 1. The van der Waals surface area contributed by atoms with Gasteiger partial charge < -0.3 is 20.5 Å². The Balaban J connectivity index is 1.62. The molecule has 0 radical (unpaired) electrons. The van der Waals surface area contributed by atoms with Gasteiger partial charge >= 0.3 is 0 Å². The van der Waals surface area contributed by atoms with E-state index in [2.05, 4.69) is 5.32 Å². The molecule has 0 saturated carbocycles. The van der Waals surface area contributed by atoms with E-state index in [0.717, 1.165) is 0 Å². The number of likely N-dealkylation sites (tertiary alicyclic amines) is 1. The van der Waals surface area contributed by atoms with Crippen molar-refractivity contribution in [1.82, 2.24) is 4.90 Å². The van der Waals surface area contributed by atoms with E-state index >= 15 is 0 Å². The van der Waals surface area contributed by atoms with Gasteiger partial charge in [0.1, 0.15) is 29.7 Å². The average molecular weight is 457 g/mol. The summed E-state index contributed by atoms with van der Waals surface area (Å²) in [5.74, 6) is -2.44. The molecule has 3 aliphatic rings. The van der Waals surface area contributed by atoms with Crippen LogP contribution in [0.5, 0.6) is 5.75 Å².